The number of aliphatic hydroxyl groups is 1. The second-order valence-corrected chi connectivity index (χ2v) is 9.78. The van der Waals surface area contributed by atoms with E-state index in [0.717, 1.165) is 25.0 Å². The van der Waals surface area contributed by atoms with Crippen LogP contribution in [0.5, 0.6) is 5.75 Å². The van der Waals surface area contributed by atoms with Crippen molar-refractivity contribution >= 4 is 6.09 Å². The number of amides is 1. The van der Waals surface area contributed by atoms with Crippen LogP contribution in [0.25, 0.3) is 0 Å². The molecule has 1 fully saturated rings. The van der Waals surface area contributed by atoms with Gasteiger partial charge in [-0.05, 0) is 75.8 Å². The standard InChI is InChI=1S/C26H32F3NO4/c1-24(2,3)34-23(32)30-15-7-8-19(17-30)16-25(18-31,20-9-5-4-6-10-20)33-22-13-11-21(12-14-22)26(27,28)29/h4-6,9-14,19,31H,7-8,15-18H2,1-3H3. The van der Waals surface area contributed by atoms with Gasteiger partial charge in [0, 0.05) is 13.1 Å². The van der Waals surface area contributed by atoms with E-state index in [9.17, 15) is 23.1 Å². The van der Waals surface area contributed by atoms with Crippen LogP contribution in [0.1, 0.15) is 51.2 Å². The minimum atomic E-state index is -4.45. The molecule has 34 heavy (non-hydrogen) atoms. The number of likely N-dealkylation sites (tertiary alicyclic amines) is 1. The van der Waals surface area contributed by atoms with E-state index in [1.807, 2.05) is 51.1 Å². The molecule has 186 valence electrons. The fourth-order valence-electron chi connectivity index (χ4n) is 4.28. The van der Waals surface area contributed by atoms with Crippen molar-refractivity contribution < 1.29 is 32.5 Å². The van der Waals surface area contributed by atoms with Crippen LogP contribution in [0.15, 0.2) is 54.6 Å². The first-order valence-corrected chi connectivity index (χ1v) is 11.4. The van der Waals surface area contributed by atoms with E-state index in [-0.39, 0.29) is 24.4 Å². The minimum Gasteiger partial charge on any atom is -0.480 e. The van der Waals surface area contributed by atoms with Gasteiger partial charge in [0.1, 0.15) is 11.4 Å². The Bertz CT molecular complexity index is 941. The highest BCUT2D eigenvalue weighted by Gasteiger charge is 2.39. The molecule has 2 aromatic carbocycles. The lowest BCUT2D eigenvalue weighted by molar-refractivity contribution is -0.137. The molecule has 3 rings (SSSR count). The molecule has 0 bridgehead atoms. The quantitative estimate of drug-likeness (QED) is 0.551. The maximum absolute atomic E-state index is 13.0. The third-order valence-electron chi connectivity index (χ3n) is 5.84. The molecule has 0 saturated carbocycles. The molecule has 1 saturated heterocycles. The molecule has 1 amide bonds. The number of piperidine rings is 1. The Kier molecular flexibility index (Phi) is 7.81. The molecule has 2 aromatic rings. The number of halogens is 3. The normalized spacial score (nSPS) is 18.8. The van der Waals surface area contributed by atoms with Gasteiger partial charge in [-0.25, -0.2) is 4.79 Å². The molecule has 5 nitrogen and oxygen atoms in total. The Hall–Kier alpha value is -2.74. The molecule has 1 aliphatic heterocycles. The van der Waals surface area contributed by atoms with E-state index in [0.29, 0.717) is 25.1 Å². The number of nitrogens with zero attached hydrogens (tertiary/aromatic N) is 1. The number of rotatable bonds is 6. The first-order valence-electron chi connectivity index (χ1n) is 11.4. The highest BCUT2D eigenvalue weighted by Crippen LogP contribution is 2.38. The number of benzene rings is 2. The molecular weight excluding hydrogens is 447 g/mol. The summed E-state index contributed by atoms with van der Waals surface area (Å²) in [5.41, 5.74) is -1.83. The van der Waals surface area contributed by atoms with Gasteiger partial charge < -0.3 is 19.5 Å². The van der Waals surface area contributed by atoms with Gasteiger partial charge in [-0.15, -0.1) is 0 Å². The Morgan fingerprint density at radius 1 is 1.03 bits per heavy atom. The highest BCUT2D eigenvalue weighted by molar-refractivity contribution is 5.68. The number of aliphatic hydroxyl groups excluding tert-OH is 1. The van der Waals surface area contributed by atoms with Crippen molar-refractivity contribution in [3.8, 4) is 5.75 Å². The lowest BCUT2D eigenvalue weighted by atomic mass is 9.81. The summed E-state index contributed by atoms with van der Waals surface area (Å²) < 4.78 is 50.7. The Morgan fingerprint density at radius 3 is 2.24 bits per heavy atom. The SMILES string of the molecule is CC(C)(C)OC(=O)N1CCCC(CC(CO)(Oc2ccc(C(F)(F)F)cc2)c2ccccc2)C1. The van der Waals surface area contributed by atoms with Crippen molar-refractivity contribution in [3.05, 3.63) is 65.7 Å². The second-order valence-electron chi connectivity index (χ2n) is 9.78. The monoisotopic (exact) mass is 479 g/mol. The molecule has 2 unspecified atom stereocenters. The van der Waals surface area contributed by atoms with Gasteiger partial charge in [0.05, 0.1) is 12.2 Å². The average molecular weight is 480 g/mol. The van der Waals surface area contributed by atoms with Crippen molar-refractivity contribution in [1.82, 2.24) is 4.90 Å². The molecule has 0 spiro atoms. The van der Waals surface area contributed by atoms with Crippen molar-refractivity contribution in [2.75, 3.05) is 19.7 Å². The molecular formula is C26H32F3NO4. The maximum Gasteiger partial charge on any atom is 0.416 e. The van der Waals surface area contributed by atoms with Crippen LogP contribution in [0.3, 0.4) is 0 Å². The van der Waals surface area contributed by atoms with Crippen LogP contribution >= 0.6 is 0 Å². The summed E-state index contributed by atoms with van der Waals surface area (Å²) in [6, 6.07) is 13.6. The predicted molar refractivity (Wildman–Crippen MR) is 122 cm³/mol. The average Bonchev–Trinajstić information content (AvgIpc) is 2.78. The summed E-state index contributed by atoms with van der Waals surface area (Å²) in [7, 11) is 0. The molecule has 1 heterocycles. The molecule has 2 atom stereocenters. The van der Waals surface area contributed by atoms with E-state index in [2.05, 4.69) is 0 Å². The Morgan fingerprint density at radius 2 is 1.68 bits per heavy atom. The van der Waals surface area contributed by atoms with Crippen LogP contribution in [-0.2, 0) is 16.5 Å². The Balaban J connectivity index is 1.84. The molecule has 1 aliphatic rings. The van der Waals surface area contributed by atoms with E-state index >= 15 is 0 Å². The van der Waals surface area contributed by atoms with Gasteiger partial charge in [0.2, 0.25) is 0 Å². The number of carbonyl (C=O) groups excluding carboxylic acids is 1. The number of carbonyl (C=O) groups is 1. The minimum absolute atomic E-state index is 0.00285. The second kappa shape index (κ2) is 10.3. The van der Waals surface area contributed by atoms with E-state index in [4.69, 9.17) is 9.47 Å². The van der Waals surface area contributed by atoms with Gasteiger partial charge in [0.25, 0.3) is 0 Å². The summed E-state index contributed by atoms with van der Waals surface area (Å²) in [6.07, 6.45) is -2.84. The van der Waals surface area contributed by atoms with Crippen LogP contribution in [0.2, 0.25) is 0 Å². The number of alkyl halides is 3. The molecule has 1 N–H and O–H groups in total. The van der Waals surface area contributed by atoms with E-state index < -0.39 is 22.9 Å². The lowest BCUT2D eigenvalue weighted by Gasteiger charge is -2.40. The fraction of sp³-hybridized carbons (Fsp3) is 0.500. The summed E-state index contributed by atoms with van der Waals surface area (Å²) in [5, 5.41) is 10.5. The van der Waals surface area contributed by atoms with Crippen LogP contribution < -0.4 is 4.74 Å². The lowest BCUT2D eigenvalue weighted by Crippen LogP contribution is -2.46. The maximum atomic E-state index is 13.0. The molecule has 8 heteroatoms. The topological polar surface area (TPSA) is 59.0 Å². The largest absolute Gasteiger partial charge is 0.480 e. The Labute approximate surface area is 198 Å². The predicted octanol–water partition coefficient (Wildman–Crippen LogP) is 6.01. The van der Waals surface area contributed by atoms with Crippen molar-refractivity contribution in [2.24, 2.45) is 5.92 Å². The van der Waals surface area contributed by atoms with Crippen molar-refractivity contribution in [3.63, 3.8) is 0 Å². The number of hydrogen-bond acceptors (Lipinski definition) is 4. The smallest absolute Gasteiger partial charge is 0.416 e. The van der Waals surface area contributed by atoms with Gasteiger partial charge >= 0.3 is 12.3 Å². The van der Waals surface area contributed by atoms with Gasteiger partial charge in [-0.1, -0.05) is 30.3 Å². The van der Waals surface area contributed by atoms with Crippen molar-refractivity contribution in [2.45, 2.75) is 57.4 Å². The van der Waals surface area contributed by atoms with Crippen molar-refractivity contribution in [1.29, 1.82) is 0 Å². The van der Waals surface area contributed by atoms with E-state index in [1.165, 1.54) is 12.1 Å². The zero-order valence-electron chi connectivity index (χ0n) is 19.8. The summed E-state index contributed by atoms with van der Waals surface area (Å²) in [5.74, 6) is 0.230. The number of ether oxygens (including phenoxy) is 2. The first-order chi connectivity index (χ1) is 15.9. The van der Waals surface area contributed by atoms with Crippen LogP contribution in [0, 0.1) is 5.92 Å². The molecule has 0 aliphatic carbocycles. The molecule has 0 aromatic heterocycles. The third-order valence-corrected chi connectivity index (χ3v) is 5.84. The zero-order valence-corrected chi connectivity index (χ0v) is 19.8. The fourth-order valence-corrected chi connectivity index (χ4v) is 4.28. The zero-order chi connectivity index (χ0) is 25.0. The highest BCUT2D eigenvalue weighted by atomic mass is 19.4. The summed E-state index contributed by atoms with van der Waals surface area (Å²) in [6.45, 7) is 6.10. The molecule has 0 radical (unpaired) electrons. The van der Waals surface area contributed by atoms with Crippen LogP contribution in [-0.4, -0.2) is 41.4 Å². The number of hydrogen-bond donors (Lipinski definition) is 1. The summed E-state index contributed by atoms with van der Waals surface area (Å²) in [4.78, 5) is 14.3. The first kappa shape index (κ1) is 25.9. The van der Waals surface area contributed by atoms with Crippen LogP contribution in [0.4, 0.5) is 18.0 Å². The summed E-state index contributed by atoms with van der Waals surface area (Å²) >= 11 is 0. The van der Waals surface area contributed by atoms with Gasteiger partial charge in [-0.3, -0.25) is 0 Å². The van der Waals surface area contributed by atoms with Gasteiger partial charge in [-0.2, -0.15) is 13.2 Å². The van der Waals surface area contributed by atoms with E-state index in [1.54, 1.807) is 4.90 Å². The van der Waals surface area contributed by atoms with Gasteiger partial charge in [0.15, 0.2) is 5.60 Å². The third kappa shape index (κ3) is 6.65.